The fraction of sp³-hybridized carbons (Fsp3) is 0.222. The molecule has 2 aromatic rings. The highest BCUT2D eigenvalue weighted by Gasteiger charge is 2.35. The van der Waals surface area contributed by atoms with Gasteiger partial charge in [-0.3, -0.25) is 4.79 Å². The number of rotatable bonds is 5. The van der Waals surface area contributed by atoms with Gasteiger partial charge in [-0.25, -0.2) is 0 Å². The van der Waals surface area contributed by atoms with Crippen LogP contribution in [-0.4, -0.2) is 20.1 Å². The average molecular weight is 310 g/mol. The van der Waals surface area contributed by atoms with Crippen molar-refractivity contribution in [1.82, 2.24) is 0 Å². The zero-order valence-electron chi connectivity index (χ0n) is 13.3. The number of nitriles is 1. The van der Waals surface area contributed by atoms with Crippen molar-refractivity contribution in [2.45, 2.75) is 12.3 Å². The van der Waals surface area contributed by atoms with Crippen LogP contribution >= 0.6 is 0 Å². The summed E-state index contributed by atoms with van der Waals surface area (Å²) < 4.78 is 10.4. The molecule has 0 radical (unpaired) electrons. The van der Waals surface area contributed by atoms with Crippen LogP contribution in [0, 0.1) is 11.3 Å². The maximum absolute atomic E-state index is 12.6. The van der Waals surface area contributed by atoms with Gasteiger partial charge in [0.25, 0.3) is 0 Å². The van der Waals surface area contributed by atoms with Crippen molar-refractivity contribution in [3.8, 4) is 17.6 Å². The van der Waals surface area contributed by atoms with Crippen molar-refractivity contribution in [3.05, 3.63) is 54.1 Å². The Bertz CT molecular complexity index is 738. The fourth-order valence-electron chi connectivity index (χ4n) is 2.19. The molecule has 0 bridgehead atoms. The normalized spacial score (nSPS) is 12.6. The number of carbonyl (C=O) groups is 1. The molecule has 1 N–H and O–H groups in total. The maximum Gasteiger partial charge on any atom is 0.249 e. The Morgan fingerprint density at radius 3 is 2.30 bits per heavy atom. The first-order chi connectivity index (χ1) is 11.0. The lowest BCUT2D eigenvalue weighted by atomic mass is 9.83. The minimum Gasteiger partial charge on any atom is -0.493 e. The Morgan fingerprint density at radius 1 is 1.09 bits per heavy atom. The van der Waals surface area contributed by atoms with E-state index in [-0.39, 0.29) is 0 Å². The highest BCUT2D eigenvalue weighted by Crippen LogP contribution is 2.31. The van der Waals surface area contributed by atoms with E-state index in [4.69, 9.17) is 9.47 Å². The summed E-state index contributed by atoms with van der Waals surface area (Å²) in [4.78, 5) is 12.6. The van der Waals surface area contributed by atoms with Crippen molar-refractivity contribution in [2.75, 3.05) is 19.5 Å². The van der Waals surface area contributed by atoms with E-state index in [2.05, 4.69) is 11.4 Å². The molecule has 1 atom stereocenters. The Kier molecular flexibility index (Phi) is 4.87. The third-order valence-corrected chi connectivity index (χ3v) is 3.67. The zero-order valence-corrected chi connectivity index (χ0v) is 13.3. The molecule has 0 aliphatic carbocycles. The van der Waals surface area contributed by atoms with Gasteiger partial charge in [0.1, 0.15) is 0 Å². The van der Waals surface area contributed by atoms with Crippen molar-refractivity contribution >= 4 is 11.6 Å². The van der Waals surface area contributed by atoms with Crippen molar-refractivity contribution in [2.24, 2.45) is 0 Å². The Morgan fingerprint density at radius 2 is 1.74 bits per heavy atom. The number of hydrogen-bond donors (Lipinski definition) is 1. The van der Waals surface area contributed by atoms with E-state index in [1.54, 1.807) is 49.4 Å². The second-order valence-corrected chi connectivity index (χ2v) is 5.13. The van der Waals surface area contributed by atoms with Gasteiger partial charge in [-0.15, -0.1) is 0 Å². The van der Waals surface area contributed by atoms with Gasteiger partial charge in [0.2, 0.25) is 5.91 Å². The van der Waals surface area contributed by atoms with Crippen LogP contribution in [0.1, 0.15) is 12.5 Å². The third kappa shape index (κ3) is 3.27. The minimum absolute atomic E-state index is 0.404. The minimum atomic E-state index is -1.28. The number of ether oxygens (including phenoxy) is 2. The van der Waals surface area contributed by atoms with Gasteiger partial charge in [0, 0.05) is 11.8 Å². The first-order valence-corrected chi connectivity index (χ1v) is 7.05. The molecule has 0 heterocycles. The highest BCUT2D eigenvalue weighted by atomic mass is 16.5. The quantitative estimate of drug-likeness (QED) is 0.921. The molecule has 0 fully saturated rings. The predicted molar refractivity (Wildman–Crippen MR) is 87.6 cm³/mol. The van der Waals surface area contributed by atoms with Gasteiger partial charge in [-0.1, -0.05) is 30.3 Å². The van der Waals surface area contributed by atoms with Crippen molar-refractivity contribution in [3.63, 3.8) is 0 Å². The van der Waals surface area contributed by atoms with Crippen molar-refractivity contribution < 1.29 is 14.3 Å². The van der Waals surface area contributed by atoms with Crippen LogP contribution < -0.4 is 14.8 Å². The number of benzene rings is 2. The SMILES string of the molecule is COc1ccc(NC(=O)C(C)(C#N)c2ccccc2)cc1OC. The molecule has 2 rings (SSSR count). The lowest BCUT2D eigenvalue weighted by Crippen LogP contribution is -2.36. The molecule has 0 aliphatic rings. The molecule has 0 aromatic heterocycles. The number of anilines is 1. The number of nitrogens with one attached hydrogen (secondary N) is 1. The van der Waals surface area contributed by atoms with Crippen LogP contribution in [-0.2, 0) is 10.2 Å². The molecule has 118 valence electrons. The van der Waals surface area contributed by atoms with Gasteiger partial charge >= 0.3 is 0 Å². The molecule has 5 nitrogen and oxygen atoms in total. The summed E-state index contributed by atoms with van der Waals surface area (Å²) in [5, 5.41) is 12.3. The first-order valence-electron chi connectivity index (χ1n) is 7.05. The molecule has 0 aliphatic heterocycles. The van der Waals surface area contributed by atoms with Gasteiger partial charge < -0.3 is 14.8 Å². The summed E-state index contributed by atoms with van der Waals surface area (Å²) in [5.74, 6) is 0.665. The Labute approximate surface area is 135 Å². The smallest absolute Gasteiger partial charge is 0.249 e. The molecule has 2 aromatic carbocycles. The van der Waals surface area contributed by atoms with Crippen LogP contribution in [0.15, 0.2) is 48.5 Å². The van der Waals surface area contributed by atoms with Crippen LogP contribution in [0.4, 0.5) is 5.69 Å². The third-order valence-electron chi connectivity index (χ3n) is 3.67. The molecule has 1 amide bonds. The van der Waals surface area contributed by atoms with E-state index in [1.165, 1.54) is 14.2 Å². The van der Waals surface area contributed by atoms with Crippen molar-refractivity contribution in [1.29, 1.82) is 5.26 Å². The van der Waals surface area contributed by atoms with E-state index in [9.17, 15) is 10.1 Å². The monoisotopic (exact) mass is 310 g/mol. The first kappa shape index (κ1) is 16.4. The topological polar surface area (TPSA) is 71.3 Å². The molecule has 0 spiro atoms. The van der Waals surface area contributed by atoms with E-state index >= 15 is 0 Å². The van der Waals surface area contributed by atoms with Crippen LogP contribution in [0.2, 0.25) is 0 Å². The fourth-order valence-corrected chi connectivity index (χ4v) is 2.19. The molecule has 0 saturated heterocycles. The van der Waals surface area contributed by atoms with E-state index in [1.807, 2.05) is 6.07 Å². The number of amides is 1. The standard InChI is InChI=1S/C18H18N2O3/c1-18(12-19,13-7-5-4-6-8-13)17(21)20-14-9-10-15(22-2)16(11-14)23-3/h4-11H,1-3H3,(H,20,21). The molecule has 1 unspecified atom stereocenters. The van der Waals surface area contributed by atoms with E-state index in [0.717, 1.165) is 0 Å². The number of methoxy groups -OCH3 is 2. The number of carbonyl (C=O) groups excluding carboxylic acids is 1. The van der Waals surface area contributed by atoms with Gasteiger partial charge in [0.15, 0.2) is 16.9 Å². The second-order valence-electron chi connectivity index (χ2n) is 5.13. The second kappa shape index (κ2) is 6.84. The van der Waals surface area contributed by atoms with Gasteiger partial charge in [-0.2, -0.15) is 5.26 Å². The largest absolute Gasteiger partial charge is 0.493 e. The summed E-state index contributed by atoms with van der Waals surface area (Å²) in [6.07, 6.45) is 0. The van der Waals surface area contributed by atoms with Crippen LogP contribution in [0.5, 0.6) is 11.5 Å². The van der Waals surface area contributed by atoms with E-state index < -0.39 is 11.3 Å². The predicted octanol–water partition coefficient (Wildman–Crippen LogP) is 3.12. The number of nitrogens with zero attached hydrogens (tertiary/aromatic N) is 1. The maximum atomic E-state index is 12.6. The Hall–Kier alpha value is -3.00. The average Bonchev–Trinajstić information content (AvgIpc) is 2.61. The highest BCUT2D eigenvalue weighted by molar-refractivity contribution is 6.01. The summed E-state index contributed by atoms with van der Waals surface area (Å²) >= 11 is 0. The Balaban J connectivity index is 2.29. The zero-order chi connectivity index (χ0) is 16.9. The molecule has 23 heavy (non-hydrogen) atoms. The molecule has 5 heteroatoms. The van der Waals surface area contributed by atoms with Crippen LogP contribution in [0.3, 0.4) is 0 Å². The summed E-state index contributed by atoms with van der Waals surface area (Å²) in [6, 6.07) is 16.1. The lowest BCUT2D eigenvalue weighted by Gasteiger charge is -2.21. The lowest BCUT2D eigenvalue weighted by molar-refractivity contribution is -0.119. The molecular weight excluding hydrogens is 292 g/mol. The summed E-state index contributed by atoms with van der Waals surface area (Å²) in [7, 11) is 3.06. The summed E-state index contributed by atoms with van der Waals surface area (Å²) in [5.41, 5.74) is -0.112. The van der Waals surface area contributed by atoms with Gasteiger partial charge in [0.05, 0.1) is 20.3 Å². The number of hydrogen-bond acceptors (Lipinski definition) is 4. The van der Waals surface area contributed by atoms with Crippen LogP contribution in [0.25, 0.3) is 0 Å². The molecule has 0 saturated carbocycles. The summed E-state index contributed by atoms with van der Waals surface area (Å²) in [6.45, 7) is 1.60. The van der Waals surface area contributed by atoms with E-state index in [0.29, 0.717) is 22.7 Å². The molecular formula is C18H18N2O3. The van der Waals surface area contributed by atoms with Gasteiger partial charge in [-0.05, 0) is 24.6 Å².